The molecule has 104 valence electrons. The van der Waals surface area contributed by atoms with Gasteiger partial charge in [0.15, 0.2) is 11.5 Å². The molecule has 4 heteroatoms. The highest BCUT2D eigenvalue weighted by Gasteiger charge is 2.17. The second-order valence-electron chi connectivity index (χ2n) is 5.06. The number of fused-ring (bicyclic) bond motifs is 1. The lowest BCUT2D eigenvalue weighted by molar-refractivity contribution is 0.110. The van der Waals surface area contributed by atoms with Gasteiger partial charge in [-0.25, -0.2) is 0 Å². The Balaban J connectivity index is 1.60. The van der Waals surface area contributed by atoms with Crippen LogP contribution in [-0.2, 0) is 11.3 Å². The Morgan fingerprint density at radius 1 is 1.11 bits per heavy atom. The predicted molar refractivity (Wildman–Crippen MR) is 72.7 cm³/mol. The van der Waals surface area contributed by atoms with Crippen LogP contribution in [0.15, 0.2) is 18.2 Å². The van der Waals surface area contributed by atoms with Gasteiger partial charge in [0, 0.05) is 31.7 Å². The molecule has 0 bridgehead atoms. The molecule has 0 radical (unpaired) electrons. The van der Waals surface area contributed by atoms with E-state index in [1.54, 1.807) is 0 Å². The van der Waals surface area contributed by atoms with Crippen molar-refractivity contribution in [2.75, 3.05) is 26.4 Å². The first-order chi connectivity index (χ1) is 9.43. The van der Waals surface area contributed by atoms with Gasteiger partial charge in [-0.1, -0.05) is 12.1 Å². The van der Waals surface area contributed by atoms with E-state index in [0.29, 0.717) is 6.10 Å². The minimum atomic E-state index is 0.375. The molecule has 1 aromatic rings. The molecule has 0 aliphatic carbocycles. The van der Waals surface area contributed by atoms with Gasteiger partial charge in [-0.3, -0.25) is 0 Å². The molecule has 0 spiro atoms. The molecule has 2 heterocycles. The second kappa shape index (κ2) is 6.26. The molecule has 0 amide bonds. The first-order valence-electron chi connectivity index (χ1n) is 7.13. The van der Waals surface area contributed by atoms with E-state index >= 15 is 0 Å². The van der Waals surface area contributed by atoms with Crippen molar-refractivity contribution in [1.82, 2.24) is 5.32 Å². The molecule has 1 N–H and O–H groups in total. The zero-order chi connectivity index (χ0) is 12.9. The van der Waals surface area contributed by atoms with Gasteiger partial charge in [-0.05, 0) is 18.9 Å². The molecule has 1 fully saturated rings. The highest BCUT2D eigenvalue weighted by Crippen LogP contribution is 2.33. The van der Waals surface area contributed by atoms with E-state index < -0.39 is 0 Å². The lowest BCUT2D eigenvalue weighted by Crippen LogP contribution is -2.26. The van der Waals surface area contributed by atoms with Crippen LogP contribution in [0.2, 0.25) is 0 Å². The number of hydrogen-bond acceptors (Lipinski definition) is 4. The second-order valence-corrected chi connectivity index (χ2v) is 5.06. The maximum Gasteiger partial charge on any atom is 0.165 e. The summed E-state index contributed by atoms with van der Waals surface area (Å²) in [7, 11) is 0. The summed E-state index contributed by atoms with van der Waals surface area (Å²) in [5.41, 5.74) is 1.16. The molecule has 2 aliphatic rings. The average Bonchev–Trinajstić information content (AvgIpc) is 2.82. The molecule has 2 aliphatic heterocycles. The van der Waals surface area contributed by atoms with Crippen LogP contribution in [0.4, 0.5) is 0 Å². The molecule has 0 aromatic heterocycles. The molecule has 1 atom stereocenters. The fourth-order valence-electron chi connectivity index (χ4n) is 2.57. The van der Waals surface area contributed by atoms with E-state index in [2.05, 4.69) is 11.4 Å². The van der Waals surface area contributed by atoms with Gasteiger partial charge in [-0.15, -0.1) is 0 Å². The smallest absolute Gasteiger partial charge is 0.165 e. The van der Waals surface area contributed by atoms with Crippen LogP contribution in [0.5, 0.6) is 11.5 Å². The highest BCUT2D eigenvalue weighted by molar-refractivity contribution is 5.47. The average molecular weight is 263 g/mol. The van der Waals surface area contributed by atoms with Crippen molar-refractivity contribution in [3.05, 3.63) is 23.8 Å². The number of nitrogens with one attached hydrogen (secondary N) is 1. The summed E-state index contributed by atoms with van der Waals surface area (Å²) in [6, 6.07) is 6.09. The Bertz CT molecular complexity index is 416. The summed E-state index contributed by atoms with van der Waals surface area (Å²) in [5, 5.41) is 3.45. The van der Waals surface area contributed by atoms with E-state index in [4.69, 9.17) is 14.2 Å². The van der Waals surface area contributed by atoms with E-state index in [1.807, 2.05) is 12.1 Å². The summed E-state index contributed by atoms with van der Waals surface area (Å²) in [6.45, 7) is 4.08. The predicted octanol–water partition coefficient (Wildman–Crippen LogP) is 2.12. The van der Waals surface area contributed by atoms with Gasteiger partial charge in [0.2, 0.25) is 0 Å². The third-order valence-electron chi connectivity index (χ3n) is 3.56. The van der Waals surface area contributed by atoms with Crippen LogP contribution < -0.4 is 14.8 Å². The molecule has 19 heavy (non-hydrogen) atoms. The van der Waals surface area contributed by atoms with Crippen LogP contribution in [0, 0.1) is 0 Å². The minimum absolute atomic E-state index is 0.375. The standard InChI is InChI=1S/C15H21NO3/c1-4-12(10-16-11-13-5-2-7-17-13)15-14(6-1)18-8-3-9-19-15/h1,4,6,13,16H,2-3,5,7-11H2. The SMILES string of the molecule is c1cc(CNCC2CCCO2)c2c(c1)OCCCO2. The van der Waals surface area contributed by atoms with E-state index in [1.165, 1.54) is 12.8 Å². The monoisotopic (exact) mass is 263 g/mol. The summed E-state index contributed by atoms with van der Waals surface area (Å²) < 4.78 is 17.1. The number of para-hydroxylation sites is 1. The number of ether oxygens (including phenoxy) is 3. The van der Waals surface area contributed by atoms with Gasteiger partial charge in [0.25, 0.3) is 0 Å². The van der Waals surface area contributed by atoms with Gasteiger partial charge in [0.05, 0.1) is 19.3 Å². The molecule has 0 saturated carbocycles. The molecular weight excluding hydrogens is 242 g/mol. The van der Waals surface area contributed by atoms with Crippen molar-refractivity contribution < 1.29 is 14.2 Å². The van der Waals surface area contributed by atoms with Gasteiger partial charge >= 0.3 is 0 Å². The molecular formula is C15H21NO3. The third kappa shape index (κ3) is 3.19. The van der Waals surface area contributed by atoms with Gasteiger partial charge in [-0.2, -0.15) is 0 Å². The summed E-state index contributed by atoms with van der Waals surface area (Å²) in [6.07, 6.45) is 3.67. The first kappa shape index (κ1) is 12.8. The fourth-order valence-corrected chi connectivity index (χ4v) is 2.57. The summed E-state index contributed by atoms with van der Waals surface area (Å²) >= 11 is 0. The summed E-state index contributed by atoms with van der Waals surface area (Å²) in [5.74, 6) is 1.77. The molecule has 1 saturated heterocycles. The lowest BCUT2D eigenvalue weighted by Gasteiger charge is -2.14. The molecule has 1 aromatic carbocycles. The van der Waals surface area contributed by atoms with Crippen LogP contribution in [0.1, 0.15) is 24.8 Å². The van der Waals surface area contributed by atoms with Crippen molar-refractivity contribution in [3.8, 4) is 11.5 Å². The van der Waals surface area contributed by atoms with Crippen molar-refractivity contribution in [1.29, 1.82) is 0 Å². The zero-order valence-corrected chi connectivity index (χ0v) is 11.2. The number of rotatable bonds is 4. The Hall–Kier alpha value is -1.26. The maximum absolute atomic E-state index is 5.81. The van der Waals surface area contributed by atoms with Gasteiger partial charge < -0.3 is 19.5 Å². The largest absolute Gasteiger partial charge is 0.490 e. The van der Waals surface area contributed by atoms with Crippen molar-refractivity contribution in [2.45, 2.75) is 31.9 Å². The Morgan fingerprint density at radius 3 is 2.95 bits per heavy atom. The van der Waals surface area contributed by atoms with Crippen LogP contribution >= 0.6 is 0 Å². The number of hydrogen-bond donors (Lipinski definition) is 1. The highest BCUT2D eigenvalue weighted by atomic mass is 16.5. The van der Waals surface area contributed by atoms with Crippen LogP contribution in [0.25, 0.3) is 0 Å². The lowest BCUT2D eigenvalue weighted by atomic mass is 10.1. The van der Waals surface area contributed by atoms with E-state index in [0.717, 1.165) is 56.4 Å². The third-order valence-corrected chi connectivity index (χ3v) is 3.56. The van der Waals surface area contributed by atoms with E-state index in [9.17, 15) is 0 Å². The quantitative estimate of drug-likeness (QED) is 0.903. The van der Waals surface area contributed by atoms with Crippen LogP contribution in [0.3, 0.4) is 0 Å². The zero-order valence-electron chi connectivity index (χ0n) is 11.2. The maximum atomic E-state index is 5.81. The van der Waals surface area contributed by atoms with Crippen LogP contribution in [-0.4, -0.2) is 32.5 Å². The molecule has 1 unspecified atom stereocenters. The first-order valence-corrected chi connectivity index (χ1v) is 7.13. The van der Waals surface area contributed by atoms with Crippen molar-refractivity contribution in [2.24, 2.45) is 0 Å². The number of benzene rings is 1. The Kier molecular flexibility index (Phi) is 4.20. The fraction of sp³-hybridized carbons (Fsp3) is 0.600. The Labute approximate surface area is 114 Å². The molecule has 4 nitrogen and oxygen atoms in total. The van der Waals surface area contributed by atoms with Crippen molar-refractivity contribution >= 4 is 0 Å². The van der Waals surface area contributed by atoms with E-state index in [-0.39, 0.29) is 0 Å². The minimum Gasteiger partial charge on any atom is -0.490 e. The van der Waals surface area contributed by atoms with Crippen molar-refractivity contribution in [3.63, 3.8) is 0 Å². The summed E-state index contributed by atoms with van der Waals surface area (Å²) in [4.78, 5) is 0. The topological polar surface area (TPSA) is 39.7 Å². The molecule has 3 rings (SSSR count). The normalized spacial score (nSPS) is 22.2. The van der Waals surface area contributed by atoms with Gasteiger partial charge in [0.1, 0.15) is 0 Å². The Morgan fingerprint density at radius 2 is 2.05 bits per heavy atom.